The molecule has 3 aliphatic carbocycles. The second kappa shape index (κ2) is 12.6. The molecule has 32 heavy (non-hydrogen) atoms. The summed E-state index contributed by atoms with van der Waals surface area (Å²) >= 11 is 0. The molecule has 0 aliphatic heterocycles. The van der Waals surface area contributed by atoms with Crippen molar-refractivity contribution < 1.29 is 0 Å². The Hall–Kier alpha value is -0.0400. The van der Waals surface area contributed by atoms with Crippen LogP contribution in [0.5, 0.6) is 0 Å². The van der Waals surface area contributed by atoms with Crippen molar-refractivity contribution in [1.29, 1.82) is 0 Å². The minimum absolute atomic E-state index is 0.794. The van der Waals surface area contributed by atoms with E-state index in [2.05, 4.69) is 53.9 Å². The average Bonchev–Trinajstić information content (AvgIpc) is 2.76. The largest absolute Gasteiger partial charge is 0.316 e. The Bertz CT molecular complexity index is 519. The maximum Gasteiger partial charge on any atom is 0.0123 e. The lowest BCUT2D eigenvalue weighted by Gasteiger charge is -2.51. The normalized spacial score (nSPS) is 35.0. The summed E-state index contributed by atoms with van der Waals surface area (Å²) < 4.78 is 0. The maximum absolute atomic E-state index is 3.90. The Morgan fingerprint density at radius 1 is 0.812 bits per heavy atom. The highest BCUT2D eigenvalue weighted by molar-refractivity contribution is 4.97. The Labute approximate surface area is 202 Å². The fraction of sp³-hybridized carbons (Fsp3) is 1.00. The Balaban J connectivity index is 1.69. The van der Waals surface area contributed by atoms with Crippen LogP contribution in [0.1, 0.15) is 125 Å². The van der Waals surface area contributed by atoms with Crippen molar-refractivity contribution in [2.45, 2.75) is 131 Å². The first-order valence-electron chi connectivity index (χ1n) is 15.0. The highest BCUT2D eigenvalue weighted by atomic mass is 14.9. The summed E-state index contributed by atoms with van der Waals surface area (Å²) in [7, 11) is 2.29. The average molecular weight is 446 g/mol. The molecule has 0 aromatic carbocycles. The van der Waals surface area contributed by atoms with Gasteiger partial charge >= 0.3 is 0 Å². The van der Waals surface area contributed by atoms with Crippen molar-refractivity contribution in [1.82, 2.24) is 5.32 Å². The van der Waals surface area contributed by atoms with Gasteiger partial charge in [-0.05, 0) is 91.9 Å². The Morgan fingerprint density at radius 2 is 1.50 bits per heavy atom. The van der Waals surface area contributed by atoms with Crippen molar-refractivity contribution in [3.8, 4) is 0 Å². The first-order chi connectivity index (χ1) is 15.3. The first kappa shape index (κ1) is 26.6. The molecule has 1 nitrogen and oxygen atoms in total. The smallest absolute Gasteiger partial charge is 0.0123 e. The monoisotopic (exact) mass is 445 g/mol. The number of rotatable bonds is 11. The summed E-state index contributed by atoms with van der Waals surface area (Å²) in [6.45, 7) is 15.2. The van der Waals surface area contributed by atoms with E-state index in [0.29, 0.717) is 0 Å². The molecule has 0 saturated heterocycles. The minimum atomic E-state index is 0.794. The molecule has 0 amide bonds. The maximum atomic E-state index is 3.90. The van der Waals surface area contributed by atoms with E-state index in [1.165, 1.54) is 83.5 Å². The fourth-order valence-corrected chi connectivity index (χ4v) is 8.25. The zero-order valence-electron chi connectivity index (χ0n) is 23.0. The van der Waals surface area contributed by atoms with Gasteiger partial charge in [-0.3, -0.25) is 0 Å². The molecule has 3 aliphatic rings. The lowest BCUT2D eigenvalue weighted by molar-refractivity contribution is 0.0127. The minimum Gasteiger partial charge on any atom is -0.316 e. The van der Waals surface area contributed by atoms with Gasteiger partial charge in [-0.15, -0.1) is 0 Å². The topological polar surface area (TPSA) is 12.0 Å². The molecule has 9 atom stereocenters. The van der Waals surface area contributed by atoms with Crippen LogP contribution >= 0.6 is 0 Å². The molecule has 188 valence electrons. The summed E-state index contributed by atoms with van der Waals surface area (Å²) in [6.07, 6.45) is 19.3. The molecular weight excluding hydrogens is 386 g/mol. The lowest BCUT2D eigenvalue weighted by atomic mass is 9.57. The molecule has 0 bridgehead atoms. The predicted octanol–water partition coefficient (Wildman–Crippen LogP) is 8.97. The Morgan fingerprint density at radius 3 is 2.06 bits per heavy atom. The molecule has 1 heteroatoms. The molecule has 0 radical (unpaired) electrons. The highest BCUT2D eigenvalue weighted by Crippen LogP contribution is 2.50. The van der Waals surface area contributed by atoms with E-state index < -0.39 is 0 Å². The van der Waals surface area contributed by atoms with Crippen LogP contribution in [0.2, 0.25) is 0 Å². The van der Waals surface area contributed by atoms with E-state index in [0.717, 1.165) is 65.2 Å². The molecule has 9 unspecified atom stereocenters. The quantitative estimate of drug-likeness (QED) is 0.334. The van der Waals surface area contributed by atoms with E-state index in [4.69, 9.17) is 0 Å². The molecule has 0 heterocycles. The van der Waals surface area contributed by atoms with Gasteiger partial charge in [0.15, 0.2) is 0 Å². The third kappa shape index (κ3) is 6.55. The van der Waals surface area contributed by atoms with Crippen LogP contribution in [0.3, 0.4) is 0 Å². The van der Waals surface area contributed by atoms with Gasteiger partial charge < -0.3 is 5.32 Å². The van der Waals surface area contributed by atoms with Gasteiger partial charge in [-0.1, -0.05) is 99.3 Å². The number of hydrogen-bond acceptors (Lipinski definition) is 1. The van der Waals surface area contributed by atoms with Gasteiger partial charge in [-0.2, -0.15) is 0 Å². The lowest BCUT2D eigenvalue weighted by Crippen LogP contribution is -2.51. The molecule has 3 saturated carbocycles. The van der Waals surface area contributed by atoms with Crippen LogP contribution in [-0.4, -0.2) is 13.1 Å². The third-order valence-electron chi connectivity index (χ3n) is 11.4. The summed E-state index contributed by atoms with van der Waals surface area (Å²) in [5, 5.41) is 3.90. The van der Waals surface area contributed by atoms with Gasteiger partial charge in [0.25, 0.3) is 0 Å². The molecule has 3 fully saturated rings. The molecule has 1 N–H and O–H groups in total. The molecule has 0 aromatic rings. The second-order valence-electron chi connectivity index (χ2n) is 13.2. The molecule has 0 spiro atoms. The van der Waals surface area contributed by atoms with Gasteiger partial charge in [0, 0.05) is 6.04 Å². The summed E-state index contributed by atoms with van der Waals surface area (Å²) in [5.41, 5.74) is 0. The summed E-state index contributed by atoms with van der Waals surface area (Å²) in [5.74, 6) is 9.17. The van der Waals surface area contributed by atoms with Crippen LogP contribution in [0, 0.1) is 59.2 Å². The van der Waals surface area contributed by atoms with Crippen LogP contribution in [0.4, 0.5) is 0 Å². The number of nitrogens with one attached hydrogen (secondary N) is 1. The van der Waals surface area contributed by atoms with Crippen LogP contribution in [-0.2, 0) is 0 Å². The van der Waals surface area contributed by atoms with E-state index >= 15 is 0 Å². The van der Waals surface area contributed by atoms with Crippen LogP contribution < -0.4 is 5.32 Å². The molecule has 3 rings (SSSR count). The number of hydrogen-bond donors (Lipinski definition) is 1. The van der Waals surface area contributed by atoms with Crippen LogP contribution in [0.15, 0.2) is 0 Å². The van der Waals surface area contributed by atoms with Crippen molar-refractivity contribution in [2.75, 3.05) is 7.05 Å². The highest BCUT2D eigenvalue weighted by Gasteiger charge is 2.45. The van der Waals surface area contributed by atoms with Gasteiger partial charge in [0.05, 0.1) is 0 Å². The van der Waals surface area contributed by atoms with Crippen LogP contribution in [0.25, 0.3) is 0 Å². The summed E-state index contributed by atoms with van der Waals surface area (Å²) in [6, 6.07) is 0.794. The summed E-state index contributed by atoms with van der Waals surface area (Å²) in [4.78, 5) is 0. The fourth-order valence-electron chi connectivity index (χ4n) is 8.25. The van der Waals surface area contributed by atoms with Gasteiger partial charge in [-0.25, -0.2) is 0 Å². The second-order valence-corrected chi connectivity index (χ2v) is 13.2. The zero-order valence-corrected chi connectivity index (χ0v) is 23.0. The van der Waals surface area contributed by atoms with E-state index in [-0.39, 0.29) is 0 Å². The van der Waals surface area contributed by atoms with Crippen molar-refractivity contribution in [3.05, 3.63) is 0 Å². The predicted molar refractivity (Wildman–Crippen MR) is 142 cm³/mol. The van der Waals surface area contributed by atoms with E-state index in [1.54, 1.807) is 0 Å². The first-order valence-corrected chi connectivity index (χ1v) is 15.0. The molecular formula is C31H59N. The third-order valence-corrected chi connectivity index (χ3v) is 11.4. The van der Waals surface area contributed by atoms with Gasteiger partial charge in [0.1, 0.15) is 0 Å². The Kier molecular flexibility index (Phi) is 10.5. The SMILES string of the molecule is CCC(C)CC(C)C(C)C(C)C(C)C1CC(CC2CCCCC2)C(NC)C(C2CCC2)C1. The molecule has 0 aromatic heterocycles. The van der Waals surface area contributed by atoms with Crippen molar-refractivity contribution in [3.63, 3.8) is 0 Å². The zero-order chi connectivity index (χ0) is 23.3. The van der Waals surface area contributed by atoms with Crippen molar-refractivity contribution >= 4 is 0 Å². The van der Waals surface area contributed by atoms with E-state index in [1.807, 2.05) is 0 Å². The van der Waals surface area contributed by atoms with E-state index in [9.17, 15) is 0 Å². The van der Waals surface area contributed by atoms with Crippen molar-refractivity contribution in [2.24, 2.45) is 59.2 Å². The van der Waals surface area contributed by atoms with Gasteiger partial charge in [0.2, 0.25) is 0 Å². The standard InChI is InChI=1S/C31H59N/c1-8-21(2)17-22(3)23(4)24(5)25(6)28-19-29(18-26-13-10-9-11-14-26)31(32-7)30(20-28)27-15-12-16-27/h21-32H,8-20H2,1-7H3.